The van der Waals surface area contributed by atoms with Crippen LogP contribution in [0.5, 0.6) is 0 Å². The molecule has 0 fully saturated rings. The molecule has 0 aliphatic rings. The van der Waals surface area contributed by atoms with E-state index >= 15 is 0 Å². The van der Waals surface area contributed by atoms with Gasteiger partial charge in [0.2, 0.25) is 0 Å². The molecule has 16 heavy (non-hydrogen) atoms. The molecule has 1 aromatic rings. The molecular weight excluding hydrogens is 292 g/mol. The van der Waals surface area contributed by atoms with E-state index in [1.807, 2.05) is 0 Å². The second-order valence-corrected chi connectivity index (χ2v) is 4.04. The molecule has 90 valence electrons. The summed E-state index contributed by atoms with van der Waals surface area (Å²) in [6, 6.07) is 3.86. The van der Waals surface area contributed by atoms with Crippen molar-refractivity contribution in [1.29, 1.82) is 0 Å². The van der Waals surface area contributed by atoms with Crippen LogP contribution >= 0.6 is 15.9 Å². The monoisotopic (exact) mass is 300 g/mol. The normalized spacial score (nSPS) is 13.9. The average Bonchev–Trinajstić information content (AvgIpc) is 2.13. The van der Waals surface area contributed by atoms with Crippen LogP contribution in [-0.2, 0) is 4.74 Å². The maximum Gasteiger partial charge on any atom is 0.523 e. The van der Waals surface area contributed by atoms with Gasteiger partial charge in [0.15, 0.2) is 0 Å². The Morgan fingerprint density at radius 2 is 2.00 bits per heavy atom. The fourth-order valence-corrected chi connectivity index (χ4v) is 1.62. The standard InChI is InChI=1S/C10H9BrF4O/c1-2-9(16-10(13,14)15)7-4-3-6(11)5-8(7)12/h3-5,9H,2H2,1H3. The Morgan fingerprint density at radius 3 is 2.44 bits per heavy atom. The van der Waals surface area contributed by atoms with Crippen molar-refractivity contribution in [3.63, 3.8) is 0 Å². The van der Waals surface area contributed by atoms with Gasteiger partial charge >= 0.3 is 6.36 Å². The van der Waals surface area contributed by atoms with Crippen LogP contribution in [0.15, 0.2) is 22.7 Å². The molecule has 0 saturated heterocycles. The lowest BCUT2D eigenvalue weighted by atomic mass is 10.1. The van der Waals surface area contributed by atoms with E-state index in [9.17, 15) is 17.6 Å². The molecule has 0 saturated carbocycles. The van der Waals surface area contributed by atoms with Crippen LogP contribution < -0.4 is 0 Å². The summed E-state index contributed by atoms with van der Waals surface area (Å²) in [4.78, 5) is 0. The second kappa shape index (κ2) is 5.14. The van der Waals surface area contributed by atoms with Crippen LogP contribution in [0.3, 0.4) is 0 Å². The van der Waals surface area contributed by atoms with Gasteiger partial charge in [-0.25, -0.2) is 4.39 Å². The van der Waals surface area contributed by atoms with E-state index in [4.69, 9.17) is 0 Å². The summed E-state index contributed by atoms with van der Waals surface area (Å²) >= 11 is 3.03. The third-order valence-electron chi connectivity index (χ3n) is 1.96. The molecule has 0 N–H and O–H groups in total. The molecule has 1 aromatic carbocycles. The predicted octanol–water partition coefficient (Wildman–Crippen LogP) is 4.58. The number of hydrogen-bond acceptors (Lipinski definition) is 1. The number of ether oxygens (including phenoxy) is 1. The van der Waals surface area contributed by atoms with Gasteiger partial charge < -0.3 is 0 Å². The van der Waals surface area contributed by atoms with Crippen molar-refractivity contribution < 1.29 is 22.3 Å². The Balaban J connectivity index is 2.95. The van der Waals surface area contributed by atoms with E-state index in [0.29, 0.717) is 4.47 Å². The molecule has 0 heterocycles. The topological polar surface area (TPSA) is 9.23 Å². The molecular formula is C10H9BrF4O. The van der Waals surface area contributed by atoms with Crippen molar-refractivity contribution in [2.45, 2.75) is 25.8 Å². The Morgan fingerprint density at radius 1 is 1.38 bits per heavy atom. The minimum Gasteiger partial charge on any atom is -0.284 e. The van der Waals surface area contributed by atoms with Gasteiger partial charge in [0.25, 0.3) is 0 Å². The summed E-state index contributed by atoms with van der Waals surface area (Å²) in [6.45, 7) is 1.50. The Hall–Kier alpha value is -0.620. The van der Waals surface area contributed by atoms with Crippen molar-refractivity contribution in [2.75, 3.05) is 0 Å². The van der Waals surface area contributed by atoms with Crippen LogP contribution in [0.2, 0.25) is 0 Å². The van der Waals surface area contributed by atoms with Crippen LogP contribution in [-0.4, -0.2) is 6.36 Å². The largest absolute Gasteiger partial charge is 0.523 e. The number of alkyl halides is 3. The number of benzene rings is 1. The molecule has 0 amide bonds. The van der Waals surface area contributed by atoms with Crippen LogP contribution in [0.4, 0.5) is 17.6 Å². The smallest absolute Gasteiger partial charge is 0.284 e. The van der Waals surface area contributed by atoms with Crippen LogP contribution in [0, 0.1) is 5.82 Å². The third-order valence-corrected chi connectivity index (χ3v) is 2.45. The van der Waals surface area contributed by atoms with Gasteiger partial charge in [-0.1, -0.05) is 28.9 Å². The number of halogens is 5. The maximum atomic E-state index is 13.4. The molecule has 0 spiro atoms. The first-order valence-corrected chi connectivity index (χ1v) is 5.32. The van der Waals surface area contributed by atoms with Gasteiger partial charge in [-0.15, -0.1) is 13.2 Å². The molecule has 1 rings (SSSR count). The summed E-state index contributed by atoms with van der Waals surface area (Å²) in [5, 5.41) is 0. The highest BCUT2D eigenvalue weighted by Crippen LogP contribution is 2.32. The van der Waals surface area contributed by atoms with Crippen LogP contribution in [0.1, 0.15) is 25.0 Å². The summed E-state index contributed by atoms with van der Waals surface area (Å²) in [5.74, 6) is -0.717. The van der Waals surface area contributed by atoms with Crippen molar-refractivity contribution in [3.05, 3.63) is 34.1 Å². The first-order chi connectivity index (χ1) is 7.33. The first-order valence-electron chi connectivity index (χ1n) is 4.53. The fraction of sp³-hybridized carbons (Fsp3) is 0.400. The molecule has 0 aromatic heterocycles. The maximum absolute atomic E-state index is 13.4. The highest BCUT2D eigenvalue weighted by molar-refractivity contribution is 9.10. The van der Waals surface area contributed by atoms with Gasteiger partial charge in [0.05, 0.1) is 6.10 Å². The van der Waals surface area contributed by atoms with E-state index < -0.39 is 18.3 Å². The Kier molecular flexibility index (Phi) is 4.32. The van der Waals surface area contributed by atoms with Gasteiger partial charge in [0.1, 0.15) is 5.82 Å². The zero-order chi connectivity index (χ0) is 12.3. The molecule has 0 radical (unpaired) electrons. The van der Waals surface area contributed by atoms with E-state index in [-0.39, 0.29) is 12.0 Å². The van der Waals surface area contributed by atoms with E-state index in [0.717, 1.165) is 6.07 Å². The molecule has 1 nitrogen and oxygen atoms in total. The van der Waals surface area contributed by atoms with Gasteiger partial charge in [-0.2, -0.15) is 0 Å². The molecule has 0 aliphatic carbocycles. The Labute approximate surface area is 98.5 Å². The summed E-state index contributed by atoms with van der Waals surface area (Å²) in [7, 11) is 0. The zero-order valence-electron chi connectivity index (χ0n) is 8.31. The van der Waals surface area contributed by atoms with Crippen molar-refractivity contribution in [2.24, 2.45) is 0 Å². The third kappa shape index (κ3) is 3.75. The van der Waals surface area contributed by atoms with E-state index in [1.165, 1.54) is 19.1 Å². The lowest BCUT2D eigenvalue weighted by molar-refractivity contribution is -0.345. The van der Waals surface area contributed by atoms with Crippen molar-refractivity contribution >= 4 is 15.9 Å². The molecule has 1 unspecified atom stereocenters. The van der Waals surface area contributed by atoms with Crippen molar-refractivity contribution in [3.8, 4) is 0 Å². The van der Waals surface area contributed by atoms with Gasteiger partial charge in [-0.3, -0.25) is 4.74 Å². The lowest BCUT2D eigenvalue weighted by Crippen LogP contribution is -2.18. The van der Waals surface area contributed by atoms with Gasteiger partial charge in [0, 0.05) is 10.0 Å². The highest BCUT2D eigenvalue weighted by atomic mass is 79.9. The average molecular weight is 301 g/mol. The van der Waals surface area contributed by atoms with E-state index in [1.54, 1.807) is 0 Å². The second-order valence-electron chi connectivity index (χ2n) is 3.13. The SMILES string of the molecule is CCC(OC(F)(F)F)c1ccc(Br)cc1F. The summed E-state index contributed by atoms with van der Waals surface area (Å²) in [5.41, 5.74) is -0.0944. The molecule has 0 bridgehead atoms. The molecule has 1 atom stereocenters. The highest BCUT2D eigenvalue weighted by Gasteiger charge is 2.34. The quantitative estimate of drug-likeness (QED) is 0.743. The van der Waals surface area contributed by atoms with Crippen LogP contribution in [0.25, 0.3) is 0 Å². The van der Waals surface area contributed by atoms with E-state index in [2.05, 4.69) is 20.7 Å². The van der Waals surface area contributed by atoms with Crippen molar-refractivity contribution in [1.82, 2.24) is 0 Å². The summed E-state index contributed by atoms with van der Waals surface area (Å²) in [6.07, 6.45) is -6.04. The molecule has 0 aliphatic heterocycles. The first kappa shape index (κ1) is 13.4. The molecule has 6 heteroatoms. The fourth-order valence-electron chi connectivity index (χ4n) is 1.29. The minimum atomic E-state index is -4.76. The van der Waals surface area contributed by atoms with Gasteiger partial charge in [-0.05, 0) is 18.6 Å². The number of hydrogen-bond donors (Lipinski definition) is 0. The number of rotatable bonds is 3. The Bertz CT molecular complexity index is 364. The lowest BCUT2D eigenvalue weighted by Gasteiger charge is -2.18. The zero-order valence-corrected chi connectivity index (χ0v) is 9.90. The minimum absolute atomic E-state index is 0.0397. The summed E-state index contributed by atoms with van der Waals surface area (Å²) < 4.78 is 53.8. The predicted molar refractivity (Wildman–Crippen MR) is 54.3 cm³/mol.